The molecule has 0 aromatic heterocycles. The fraction of sp³-hybridized carbons (Fsp3) is 0.657. The van der Waals surface area contributed by atoms with E-state index in [4.69, 9.17) is 48.4 Å². The molecule has 0 atom stereocenters. The number of morpholine rings is 1. The molecule has 1 saturated heterocycles. The number of esters is 5. The van der Waals surface area contributed by atoms with Crippen molar-refractivity contribution in [2.24, 2.45) is 0 Å². The number of quaternary nitrogens is 1. The molecule has 0 saturated carbocycles. The third kappa shape index (κ3) is 58.3. The van der Waals surface area contributed by atoms with E-state index in [-0.39, 0.29) is 58.2 Å². The van der Waals surface area contributed by atoms with Gasteiger partial charge in [-0.05, 0) is 96.6 Å². The largest absolute Gasteiger partial charge is 0.465 e. The van der Waals surface area contributed by atoms with Crippen LogP contribution >= 0.6 is 0 Å². The number of carbonyl (C=O) groups is 5. The zero-order chi connectivity index (χ0) is 112. The van der Waals surface area contributed by atoms with Gasteiger partial charge in [0.1, 0.15) is 19.8 Å². The quantitative estimate of drug-likeness (QED) is 0.0151. The number of unbranched alkanes of at least 4 members (excludes halogenated alkanes) is 24. The van der Waals surface area contributed by atoms with Gasteiger partial charge in [0, 0.05) is 44.3 Å². The molecule has 0 bridgehead atoms. The molecule has 5 aromatic rings. The number of sulfone groups is 5. The molecule has 0 N–H and O–H groups in total. The Balaban J connectivity index is 0.000000635. The molecule has 130 heavy (non-hydrogen) atoms. The van der Waals surface area contributed by atoms with Crippen LogP contribution in [0.25, 0.3) is 0 Å². The molecule has 0 unspecified atom stereocenters. The molecule has 1 heterocycles. The van der Waals surface area contributed by atoms with Gasteiger partial charge in [-0.15, -0.1) is 0 Å². The summed E-state index contributed by atoms with van der Waals surface area (Å²) < 4.78 is 301. The number of hydrogen-bond donors (Lipinski definition) is 0. The number of likely N-dealkylation sites (N-methyl/N-ethyl adjacent to an activating group) is 1. The minimum Gasteiger partial charge on any atom is -0.465 e. The van der Waals surface area contributed by atoms with Gasteiger partial charge in [-0.3, -0.25) is 4.90 Å². The second-order valence-electron chi connectivity index (χ2n) is 33.0. The Labute approximate surface area is 811 Å². The van der Waals surface area contributed by atoms with Gasteiger partial charge in [-0.1, -0.05) is 331 Å². The highest BCUT2D eigenvalue weighted by Crippen LogP contribution is 2.24. The number of carbonyl (C=O) groups excluding carboxylic acids is 5. The van der Waals surface area contributed by atoms with E-state index >= 15 is 0 Å². The van der Waals surface area contributed by atoms with Gasteiger partial charge in [0.15, 0.2) is 49.2 Å². The maximum atomic E-state index is 13.2. The summed E-state index contributed by atoms with van der Waals surface area (Å²) in [6, 6.07) is 31.9. The summed E-state index contributed by atoms with van der Waals surface area (Å²) in [5.74, 6) is -4.07. The van der Waals surface area contributed by atoms with Crippen molar-refractivity contribution in [2.45, 2.75) is 307 Å². The maximum absolute atomic E-state index is 13.2. The first-order valence-electron chi connectivity index (χ1n) is 55.1. The molecule has 6 rings (SSSR count). The molecule has 1 aliphatic heterocycles. The van der Waals surface area contributed by atoms with E-state index in [1.165, 1.54) is 122 Å². The van der Waals surface area contributed by atoms with Gasteiger partial charge < -0.3 is 32.9 Å². The summed E-state index contributed by atoms with van der Waals surface area (Å²) in [5, 5.41) is 0. The number of nitrogens with zero attached hydrogens (tertiary/aromatic N) is 2. The Kier molecular flexibility index (Phi) is 49.4. The Hall–Kier alpha value is -6.92. The standard InChI is InChI=1S/C23H37NO5S.C22H38NO4S.C20H32O4S.C19H30O4S.C18H28O4S/c1-2-3-4-5-6-7-10-19-30(26,27)20-21-11-8-9-12-22(21)23(25)29-18-15-24-13-16-28-17-14-24;1-5-6-7-8-9-10-13-18-28(25,26)19-20-14-11-12-15-21(20)22(24)27-17-16-23(2,3)4;1-3-5-6-7-8-9-12-16-25(22,23)17-18-13-10-11-14-19(18)20(21)24-15-4-2;1-3-4-5-6-7-8-9-12-15-24(21,22)16-17-13-10-11-14-18(17)19(20)23-2;1-3-4-5-6-7-8-11-14-23(20,21)15-16-12-9-10-13-17(16)18(19)22-2/h8-9,11-12H,2-7,10,13-20H2,1H3;11-12,14-15H,5-10,13,16-19H2,1-4H3;10-11,13-14H,3-9,12,15-17H2,1-2H3;10-11,13-14H,3-9,12,15-16H2,1-2H3;9-10,12-13H,3-8,11,14-15H2,1-2H3/q;+1;;;/i;;;3D2,4D2,5D2,6D2,7D2,8D2,9D2,12D2,15D2;. The smallest absolute Gasteiger partial charge is 0.338 e. The first-order chi connectivity index (χ1) is 68.8. The van der Waals surface area contributed by atoms with Crippen LogP contribution in [0.2, 0.25) is 0 Å². The molecule has 5 aromatic carbocycles. The Morgan fingerprint density at radius 2 is 0.577 bits per heavy atom. The van der Waals surface area contributed by atoms with Crippen LogP contribution in [0.5, 0.6) is 0 Å². The second kappa shape index (κ2) is 70.7. The van der Waals surface area contributed by atoms with E-state index in [1.807, 2.05) is 28.1 Å². The third-order valence-electron chi connectivity index (χ3n) is 20.5. The highest BCUT2D eigenvalue weighted by molar-refractivity contribution is 7.91. The average Bonchev–Trinajstić information content (AvgIpc) is 0.684. The van der Waals surface area contributed by atoms with Crippen molar-refractivity contribution < 1.29 is 124 Å². The minimum absolute atomic E-state index is 0.0970. The van der Waals surface area contributed by atoms with Gasteiger partial charge in [0.05, 0.1) is 140 Å². The molecule has 23 nitrogen and oxygen atoms in total. The van der Waals surface area contributed by atoms with Crippen LogP contribution in [0, 0.1) is 0 Å². The molecule has 1 fully saturated rings. The third-order valence-corrected chi connectivity index (χ3v) is 28.3. The van der Waals surface area contributed by atoms with E-state index in [0.29, 0.717) is 121 Å². The van der Waals surface area contributed by atoms with Gasteiger partial charge >= 0.3 is 29.8 Å². The molecule has 0 radical (unpaired) electrons. The van der Waals surface area contributed by atoms with E-state index < -0.39 is 147 Å². The summed E-state index contributed by atoms with van der Waals surface area (Å²) in [6.07, 6.45) is -3.28. The lowest BCUT2D eigenvalue weighted by Crippen LogP contribution is -2.38. The van der Waals surface area contributed by atoms with Crippen LogP contribution in [-0.4, -0.2) is 205 Å². The van der Waals surface area contributed by atoms with Gasteiger partial charge in [-0.25, -0.2) is 66.1 Å². The Morgan fingerprint density at radius 3 is 0.862 bits per heavy atom. The summed E-state index contributed by atoms with van der Waals surface area (Å²) in [5.41, 5.74) is -1.71. The topological polar surface area (TPSA) is 315 Å². The monoisotopic (exact) mass is 1930 g/mol. The lowest BCUT2D eigenvalue weighted by Gasteiger charge is -2.26. The van der Waals surface area contributed by atoms with Crippen molar-refractivity contribution in [1.29, 1.82) is 0 Å². The molecule has 0 aliphatic carbocycles. The van der Waals surface area contributed by atoms with Crippen LogP contribution in [0.4, 0.5) is 0 Å². The molecular formula is C102H165N2O21S5+. The van der Waals surface area contributed by atoms with E-state index in [9.17, 15) is 66.1 Å². The number of rotatable bonds is 64. The predicted molar refractivity (Wildman–Crippen MR) is 528 cm³/mol. The SMILES string of the molecule is CCCCCCCCCS(=O)(=O)Cc1ccccc1C(=O)OC.CCCCCCCCCS(=O)(=O)Cc1ccccc1C(=O)OCCC.CCCCCCCCCS(=O)(=O)Cc1ccccc1C(=O)OCCN1CCOCC1.CCCCCCCCCS(=O)(=O)Cc1ccccc1C(=O)OCC[N+](C)(C)C.[2H]C([2H])(C)C([2H])([2H])C([2H])([2H])C([2H])([2H])C([2H])([2H])C([2H])([2H])C([2H])([2H])C([2H])([2H])C([2H])([2H])S(=O)(=O)Cc1ccccc1C(=O)OC. The van der Waals surface area contributed by atoms with Crippen molar-refractivity contribution in [1.82, 2.24) is 4.90 Å². The Bertz CT molecular complexity index is 5430. The summed E-state index contributed by atoms with van der Waals surface area (Å²) in [4.78, 5) is 62.9. The van der Waals surface area contributed by atoms with Crippen LogP contribution < -0.4 is 0 Å². The molecule has 28 heteroatoms. The van der Waals surface area contributed by atoms with Crippen molar-refractivity contribution in [3.8, 4) is 0 Å². The molecule has 0 spiro atoms. The maximum Gasteiger partial charge on any atom is 0.338 e. The van der Waals surface area contributed by atoms with Crippen molar-refractivity contribution in [2.75, 3.05) is 123 Å². The highest BCUT2D eigenvalue weighted by Gasteiger charge is 2.25. The zero-order valence-corrected chi connectivity index (χ0v) is 83.4. The number of hydrogen-bond acceptors (Lipinski definition) is 22. The summed E-state index contributed by atoms with van der Waals surface area (Å²) >= 11 is 0. The highest BCUT2D eigenvalue weighted by atomic mass is 32.2. The Morgan fingerprint density at radius 1 is 0.323 bits per heavy atom. The zero-order valence-electron chi connectivity index (χ0n) is 97.3. The first kappa shape index (κ1) is 90.9. The van der Waals surface area contributed by atoms with Crippen molar-refractivity contribution in [3.63, 3.8) is 0 Å². The fourth-order valence-corrected chi connectivity index (χ4v) is 20.3. The number of methoxy groups -OCH3 is 2. The lowest BCUT2D eigenvalue weighted by atomic mass is 10.1. The average molecular weight is 1930 g/mol. The summed E-state index contributed by atoms with van der Waals surface area (Å²) in [6.45, 7) is 16.5. The van der Waals surface area contributed by atoms with E-state index in [0.717, 1.165) is 90.1 Å². The summed E-state index contributed by atoms with van der Waals surface area (Å²) in [7, 11) is -10.2. The van der Waals surface area contributed by atoms with E-state index in [2.05, 4.69) is 37.3 Å². The van der Waals surface area contributed by atoms with Gasteiger partial charge in [0.2, 0.25) is 0 Å². The first-order valence-corrected chi connectivity index (χ1v) is 55.0. The fourth-order valence-electron chi connectivity index (χ4n) is 13.3. The normalized spacial score (nSPS) is 15.5. The molecule has 738 valence electrons. The van der Waals surface area contributed by atoms with Crippen LogP contribution in [-0.2, 0) is 106 Å². The van der Waals surface area contributed by atoms with Crippen molar-refractivity contribution in [3.05, 3.63) is 177 Å². The molecular weight excluding hydrogens is 1750 g/mol. The van der Waals surface area contributed by atoms with Gasteiger partial charge in [-0.2, -0.15) is 0 Å². The lowest BCUT2D eigenvalue weighted by molar-refractivity contribution is -0.870. The van der Waals surface area contributed by atoms with Crippen LogP contribution in [0.15, 0.2) is 121 Å². The predicted octanol–water partition coefficient (Wildman–Crippen LogP) is 21.6. The second-order valence-corrected chi connectivity index (χ2v) is 43.4. The van der Waals surface area contributed by atoms with Crippen molar-refractivity contribution >= 4 is 79.0 Å². The molecule has 1 aliphatic rings. The van der Waals surface area contributed by atoms with Crippen LogP contribution in [0.1, 0.15) is 383 Å². The molecule has 0 amide bonds. The van der Waals surface area contributed by atoms with Gasteiger partial charge in [0.25, 0.3) is 0 Å². The number of benzene rings is 5. The minimum atomic E-state index is -5.59. The van der Waals surface area contributed by atoms with Crippen LogP contribution in [0.3, 0.4) is 0 Å². The van der Waals surface area contributed by atoms with E-state index in [1.54, 1.807) is 97.1 Å². The number of ether oxygens (including phenoxy) is 6.